The first-order chi connectivity index (χ1) is 9.77. The molecule has 0 radical (unpaired) electrons. The monoisotopic (exact) mass is 300 g/mol. The van der Waals surface area contributed by atoms with Gasteiger partial charge in [-0.25, -0.2) is 0 Å². The van der Waals surface area contributed by atoms with Gasteiger partial charge in [-0.2, -0.15) is 5.48 Å². The highest BCUT2D eigenvalue weighted by molar-refractivity contribution is 5.65. The summed E-state index contributed by atoms with van der Waals surface area (Å²) in [4.78, 5) is 34.6. The molecule has 114 valence electrons. The van der Waals surface area contributed by atoms with Crippen LogP contribution >= 0.6 is 0 Å². The Morgan fingerprint density at radius 3 is 1.90 bits per heavy atom. The SMILES string of the molecule is CCC(C)NOc1c([N+](=O)[O-])cc([N+](=O)[O-])cc1[N+](=O)[O-]. The average Bonchev–Trinajstić information content (AvgIpc) is 2.43. The molecule has 0 amide bonds. The van der Waals surface area contributed by atoms with Crippen LogP contribution in [0.1, 0.15) is 20.3 Å². The van der Waals surface area contributed by atoms with E-state index in [1.54, 1.807) is 13.8 Å². The van der Waals surface area contributed by atoms with Gasteiger partial charge in [0.25, 0.3) is 5.69 Å². The lowest BCUT2D eigenvalue weighted by atomic mass is 10.2. The molecule has 11 nitrogen and oxygen atoms in total. The lowest BCUT2D eigenvalue weighted by Crippen LogP contribution is -2.29. The molecule has 0 aromatic heterocycles. The molecule has 0 aliphatic heterocycles. The molecule has 21 heavy (non-hydrogen) atoms. The molecule has 0 aliphatic rings. The number of nitrogens with zero attached hydrogens (tertiary/aromatic N) is 3. The number of nitro groups is 3. The molecular formula is C10H12N4O7. The Morgan fingerprint density at radius 1 is 1.10 bits per heavy atom. The fraction of sp³-hybridized carbons (Fsp3) is 0.400. The fourth-order valence-electron chi connectivity index (χ4n) is 1.31. The van der Waals surface area contributed by atoms with Gasteiger partial charge in [-0.3, -0.25) is 30.3 Å². The van der Waals surface area contributed by atoms with Crippen LogP contribution < -0.4 is 10.3 Å². The predicted octanol–water partition coefficient (Wildman–Crippen LogP) is 2.09. The van der Waals surface area contributed by atoms with E-state index >= 15 is 0 Å². The molecule has 0 spiro atoms. The van der Waals surface area contributed by atoms with E-state index in [1.165, 1.54) is 0 Å². The molecule has 1 atom stereocenters. The maximum absolute atomic E-state index is 10.9. The van der Waals surface area contributed by atoms with Crippen molar-refractivity contribution in [1.82, 2.24) is 5.48 Å². The Labute approximate surface area is 117 Å². The molecular weight excluding hydrogens is 288 g/mol. The maximum Gasteiger partial charge on any atom is 0.327 e. The number of nitrogens with one attached hydrogen (secondary N) is 1. The largest absolute Gasteiger partial charge is 0.394 e. The quantitative estimate of drug-likeness (QED) is 0.593. The number of rotatable bonds is 7. The second-order valence-electron chi connectivity index (χ2n) is 4.11. The van der Waals surface area contributed by atoms with Crippen molar-refractivity contribution in [2.45, 2.75) is 26.3 Å². The molecule has 1 aromatic rings. The first kappa shape index (κ1) is 16.2. The Bertz CT molecular complexity index is 554. The van der Waals surface area contributed by atoms with Crippen molar-refractivity contribution in [3.8, 4) is 5.75 Å². The van der Waals surface area contributed by atoms with Crippen LogP contribution in [0.4, 0.5) is 17.1 Å². The first-order valence-corrected chi connectivity index (χ1v) is 5.81. The predicted molar refractivity (Wildman–Crippen MR) is 69.9 cm³/mol. The van der Waals surface area contributed by atoms with E-state index in [9.17, 15) is 30.3 Å². The molecule has 1 N–H and O–H groups in total. The third-order valence-electron chi connectivity index (χ3n) is 2.61. The second-order valence-corrected chi connectivity index (χ2v) is 4.11. The average molecular weight is 300 g/mol. The van der Waals surface area contributed by atoms with E-state index in [0.717, 1.165) is 0 Å². The van der Waals surface area contributed by atoms with Gasteiger partial charge in [0.2, 0.25) is 0 Å². The van der Waals surface area contributed by atoms with Gasteiger partial charge >= 0.3 is 17.1 Å². The van der Waals surface area contributed by atoms with E-state index in [4.69, 9.17) is 4.84 Å². The van der Waals surface area contributed by atoms with Crippen molar-refractivity contribution in [2.24, 2.45) is 0 Å². The Hall–Kier alpha value is -2.82. The van der Waals surface area contributed by atoms with Crippen LogP contribution in [0.2, 0.25) is 0 Å². The minimum Gasteiger partial charge on any atom is -0.394 e. The Balaban J connectivity index is 3.39. The van der Waals surface area contributed by atoms with Crippen LogP contribution in [0.15, 0.2) is 12.1 Å². The van der Waals surface area contributed by atoms with Crippen LogP contribution in [0.3, 0.4) is 0 Å². The number of hydrogen-bond donors (Lipinski definition) is 1. The summed E-state index contributed by atoms with van der Waals surface area (Å²) in [5.41, 5.74) is -0.0607. The fourth-order valence-corrected chi connectivity index (χ4v) is 1.31. The molecule has 1 rings (SSSR count). The summed E-state index contributed by atoms with van der Waals surface area (Å²) in [5, 5.41) is 32.6. The topological polar surface area (TPSA) is 151 Å². The molecule has 0 aliphatic carbocycles. The molecule has 1 unspecified atom stereocenters. The van der Waals surface area contributed by atoms with Crippen molar-refractivity contribution in [3.63, 3.8) is 0 Å². The highest BCUT2D eigenvalue weighted by atomic mass is 16.7. The number of hydroxylamine groups is 1. The normalized spacial score (nSPS) is 11.7. The van der Waals surface area contributed by atoms with Crippen molar-refractivity contribution < 1.29 is 19.6 Å². The smallest absolute Gasteiger partial charge is 0.327 e. The summed E-state index contributed by atoms with van der Waals surface area (Å²) in [6, 6.07) is 1.00. The summed E-state index contributed by atoms with van der Waals surface area (Å²) in [5.74, 6) is -0.670. The van der Waals surface area contributed by atoms with Crippen molar-refractivity contribution in [2.75, 3.05) is 0 Å². The van der Waals surface area contributed by atoms with E-state index in [2.05, 4.69) is 5.48 Å². The minimum atomic E-state index is -0.979. The summed E-state index contributed by atoms with van der Waals surface area (Å²) in [6.07, 6.45) is 0.606. The van der Waals surface area contributed by atoms with Gasteiger partial charge in [-0.05, 0) is 13.3 Å². The van der Waals surface area contributed by atoms with Crippen molar-refractivity contribution in [3.05, 3.63) is 42.5 Å². The second kappa shape index (κ2) is 6.56. The van der Waals surface area contributed by atoms with Crippen molar-refractivity contribution in [1.29, 1.82) is 0 Å². The molecule has 0 saturated heterocycles. The maximum atomic E-state index is 10.9. The molecule has 1 aromatic carbocycles. The van der Waals surface area contributed by atoms with Gasteiger partial charge in [0.1, 0.15) is 0 Å². The number of nitro benzene ring substituents is 3. The van der Waals surface area contributed by atoms with E-state index in [0.29, 0.717) is 18.6 Å². The van der Waals surface area contributed by atoms with E-state index < -0.39 is 37.6 Å². The number of hydrogen-bond acceptors (Lipinski definition) is 8. The molecule has 0 heterocycles. The third-order valence-corrected chi connectivity index (χ3v) is 2.61. The van der Waals surface area contributed by atoms with E-state index in [-0.39, 0.29) is 6.04 Å². The third kappa shape index (κ3) is 3.82. The van der Waals surface area contributed by atoms with Gasteiger partial charge < -0.3 is 4.84 Å². The lowest BCUT2D eigenvalue weighted by Gasteiger charge is -2.12. The van der Waals surface area contributed by atoms with Gasteiger partial charge in [-0.15, -0.1) is 0 Å². The highest BCUT2D eigenvalue weighted by Crippen LogP contribution is 2.40. The Kier molecular flexibility index (Phi) is 5.07. The van der Waals surface area contributed by atoms with Crippen molar-refractivity contribution >= 4 is 17.1 Å². The molecule has 0 saturated carbocycles. The van der Waals surface area contributed by atoms with Crippen LogP contribution in [0.5, 0.6) is 5.75 Å². The van der Waals surface area contributed by atoms with Gasteiger partial charge in [-0.1, -0.05) is 6.92 Å². The standard InChI is InChI=1S/C10H12N4O7/c1-3-6(2)11-21-10-8(13(17)18)4-7(12(15)16)5-9(10)14(19)20/h4-6,11H,3H2,1-2H3. The lowest BCUT2D eigenvalue weighted by molar-refractivity contribution is -0.404. The zero-order valence-electron chi connectivity index (χ0n) is 11.1. The number of non-ortho nitro benzene ring substituents is 1. The van der Waals surface area contributed by atoms with Crippen LogP contribution in [-0.4, -0.2) is 20.8 Å². The molecule has 11 heteroatoms. The zero-order chi connectivity index (χ0) is 16.2. The Morgan fingerprint density at radius 2 is 1.57 bits per heavy atom. The number of benzene rings is 1. The minimum absolute atomic E-state index is 0.223. The van der Waals surface area contributed by atoms with Gasteiger partial charge in [0, 0.05) is 6.04 Å². The van der Waals surface area contributed by atoms with Crippen LogP contribution in [0.25, 0.3) is 0 Å². The van der Waals surface area contributed by atoms with Gasteiger partial charge in [0.05, 0.1) is 26.9 Å². The highest BCUT2D eigenvalue weighted by Gasteiger charge is 2.32. The summed E-state index contributed by atoms with van der Waals surface area (Å²) in [6.45, 7) is 3.50. The van der Waals surface area contributed by atoms with Crippen LogP contribution in [0, 0.1) is 30.3 Å². The van der Waals surface area contributed by atoms with Gasteiger partial charge in [0.15, 0.2) is 0 Å². The molecule has 0 fully saturated rings. The molecule has 0 bridgehead atoms. The summed E-state index contributed by atoms with van der Waals surface area (Å²) >= 11 is 0. The summed E-state index contributed by atoms with van der Waals surface area (Å²) in [7, 11) is 0. The van der Waals surface area contributed by atoms with Crippen LogP contribution in [-0.2, 0) is 0 Å². The summed E-state index contributed by atoms with van der Waals surface area (Å²) < 4.78 is 0. The van der Waals surface area contributed by atoms with E-state index in [1.807, 2.05) is 0 Å². The zero-order valence-corrected chi connectivity index (χ0v) is 11.1. The first-order valence-electron chi connectivity index (χ1n) is 5.81.